The van der Waals surface area contributed by atoms with Gasteiger partial charge in [0.2, 0.25) is 5.91 Å². The van der Waals surface area contributed by atoms with Gasteiger partial charge in [-0.15, -0.1) is 0 Å². The van der Waals surface area contributed by atoms with Crippen molar-refractivity contribution in [1.82, 2.24) is 10.2 Å². The summed E-state index contributed by atoms with van der Waals surface area (Å²) in [7, 11) is 0. The van der Waals surface area contributed by atoms with E-state index in [-0.39, 0.29) is 5.54 Å². The zero-order valence-corrected chi connectivity index (χ0v) is 11.7. The number of rotatable bonds is 2. The highest BCUT2D eigenvalue weighted by Gasteiger charge is 2.53. The van der Waals surface area contributed by atoms with E-state index >= 15 is 0 Å². The summed E-state index contributed by atoms with van der Waals surface area (Å²) >= 11 is 0. The zero-order valence-electron chi connectivity index (χ0n) is 11.7. The molecule has 1 aliphatic heterocycles. The van der Waals surface area contributed by atoms with Gasteiger partial charge in [0.25, 0.3) is 0 Å². The third kappa shape index (κ3) is 1.78. The third-order valence-corrected chi connectivity index (χ3v) is 5.33. The molecule has 18 heavy (non-hydrogen) atoms. The van der Waals surface area contributed by atoms with Crippen LogP contribution in [0.15, 0.2) is 0 Å². The first-order valence-electron chi connectivity index (χ1n) is 7.77. The highest BCUT2D eigenvalue weighted by Crippen LogP contribution is 2.40. The predicted octanol–water partition coefficient (Wildman–Crippen LogP) is 2.66. The molecule has 1 spiro atoms. The average molecular weight is 250 g/mol. The van der Waals surface area contributed by atoms with Crippen LogP contribution in [0, 0.1) is 5.92 Å². The summed E-state index contributed by atoms with van der Waals surface area (Å²) in [4.78, 5) is 15.1. The van der Waals surface area contributed by atoms with Crippen LogP contribution in [0.2, 0.25) is 0 Å². The van der Waals surface area contributed by atoms with E-state index in [4.69, 9.17) is 0 Å². The van der Waals surface area contributed by atoms with Crippen LogP contribution in [-0.2, 0) is 4.79 Å². The molecule has 2 aliphatic carbocycles. The van der Waals surface area contributed by atoms with Crippen molar-refractivity contribution in [3.8, 4) is 0 Å². The van der Waals surface area contributed by atoms with Crippen molar-refractivity contribution in [1.29, 1.82) is 0 Å². The quantitative estimate of drug-likeness (QED) is 0.817. The van der Waals surface area contributed by atoms with Gasteiger partial charge in [-0.2, -0.15) is 0 Å². The zero-order chi connectivity index (χ0) is 12.8. The standard InChI is InChI=1S/C15H26N2O/c1-3-13-16-15(8-4-5-9-15)14(18)17(13)12-7-6-11(2)10-12/h11-13,16H,3-10H2,1-2H3. The van der Waals surface area contributed by atoms with Crippen LogP contribution in [0.1, 0.15) is 65.2 Å². The number of nitrogens with one attached hydrogen (secondary N) is 1. The second-order valence-corrected chi connectivity index (χ2v) is 6.64. The van der Waals surface area contributed by atoms with Crippen LogP contribution in [0.3, 0.4) is 0 Å². The molecule has 3 nitrogen and oxygen atoms in total. The van der Waals surface area contributed by atoms with E-state index in [2.05, 4.69) is 24.1 Å². The van der Waals surface area contributed by atoms with E-state index in [1.54, 1.807) is 0 Å². The Balaban J connectivity index is 1.81. The molecule has 3 atom stereocenters. The van der Waals surface area contributed by atoms with Crippen molar-refractivity contribution in [3.05, 3.63) is 0 Å². The summed E-state index contributed by atoms with van der Waals surface area (Å²) in [6, 6.07) is 0.505. The minimum absolute atomic E-state index is 0.174. The predicted molar refractivity (Wildman–Crippen MR) is 72.1 cm³/mol. The van der Waals surface area contributed by atoms with Gasteiger partial charge in [-0.1, -0.05) is 26.7 Å². The normalized spacial score (nSPS) is 39.1. The Kier molecular flexibility index (Phi) is 3.13. The Bertz CT molecular complexity index is 335. The molecule has 0 aromatic carbocycles. The Morgan fingerprint density at radius 1 is 1.33 bits per heavy atom. The monoisotopic (exact) mass is 250 g/mol. The van der Waals surface area contributed by atoms with Crippen molar-refractivity contribution in [2.75, 3.05) is 0 Å². The molecule has 3 fully saturated rings. The first-order valence-corrected chi connectivity index (χ1v) is 7.77. The van der Waals surface area contributed by atoms with Gasteiger partial charge < -0.3 is 4.90 Å². The summed E-state index contributed by atoms with van der Waals surface area (Å²) in [6.07, 6.45) is 9.58. The topological polar surface area (TPSA) is 32.3 Å². The number of nitrogens with zero attached hydrogens (tertiary/aromatic N) is 1. The van der Waals surface area contributed by atoms with Crippen LogP contribution in [-0.4, -0.2) is 28.6 Å². The summed E-state index contributed by atoms with van der Waals surface area (Å²) in [5, 5.41) is 3.68. The van der Waals surface area contributed by atoms with Crippen molar-refractivity contribution in [2.24, 2.45) is 5.92 Å². The fourth-order valence-corrected chi connectivity index (χ4v) is 4.32. The molecule has 1 amide bonds. The number of amides is 1. The van der Waals surface area contributed by atoms with Gasteiger partial charge in [-0.05, 0) is 44.4 Å². The largest absolute Gasteiger partial charge is 0.323 e. The fraction of sp³-hybridized carbons (Fsp3) is 0.933. The molecule has 3 rings (SSSR count). The molecule has 0 aromatic heterocycles. The molecule has 102 valence electrons. The van der Waals surface area contributed by atoms with Gasteiger partial charge in [0.15, 0.2) is 0 Å². The molecule has 3 unspecified atom stereocenters. The maximum atomic E-state index is 12.9. The molecule has 3 heteroatoms. The van der Waals surface area contributed by atoms with Gasteiger partial charge in [0.05, 0.1) is 11.7 Å². The van der Waals surface area contributed by atoms with Gasteiger partial charge in [0, 0.05) is 6.04 Å². The Morgan fingerprint density at radius 2 is 2.06 bits per heavy atom. The number of hydrogen-bond acceptors (Lipinski definition) is 2. The van der Waals surface area contributed by atoms with Gasteiger partial charge in [-0.3, -0.25) is 10.1 Å². The van der Waals surface area contributed by atoms with Gasteiger partial charge in [0.1, 0.15) is 0 Å². The molecule has 2 saturated carbocycles. The Hall–Kier alpha value is -0.570. The summed E-state index contributed by atoms with van der Waals surface area (Å²) < 4.78 is 0. The highest BCUT2D eigenvalue weighted by atomic mass is 16.2. The Labute approximate surface area is 110 Å². The van der Waals surface area contributed by atoms with E-state index in [0.29, 0.717) is 18.1 Å². The second kappa shape index (κ2) is 4.52. The summed E-state index contributed by atoms with van der Waals surface area (Å²) in [6.45, 7) is 4.52. The molecule has 0 radical (unpaired) electrons. The van der Waals surface area contributed by atoms with Crippen molar-refractivity contribution < 1.29 is 4.79 Å². The first-order chi connectivity index (χ1) is 8.66. The number of carbonyl (C=O) groups is 1. The molecule has 0 aromatic rings. The van der Waals surface area contributed by atoms with E-state index < -0.39 is 0 Å². The molecule has 1 saturated heterocycles. The minimum atomic E-state index is -0.174. The maximum Gasteiger partial charge on any atom is 0.244 e. The molecule has 0 bridgehead atoms. The van der Waals surface area contributed by atoms with Crippen molar-refractivity contribution in [3.63, 3.8) is 0 Å². The fourth-order valence-electron chi connectivity index (χ4n) is 4.32. The maximum absolute atomic E-state index is 12.9. The lowest BCUT2D eigenvalue weighted by Crippen LogP contribution is -2.45. The van der Waals surface area contributed by atoms with Crippen molar-refractivity contribution >= 4 is 5.91 Å². The third-order valence-electron chi connectivity index (χ3n) is 5.33. The lowest BCUT2D eigenvalue weighted by Gasteiger charge is -2.30. The van der Waals surface area contributed by atoms with Gasteiger partial charge in [-0.25, -0.2) is 0 Å². The molecule has 1 N–H and O–H groups in total. The van der Waals surface area contributed by atoms with Crippen LogP contribution in [0.25, 0.3) is 0 Å². The van der Waals surface area contributed by atoms with Crippen molar-refractivity contribution in [2.45, 2.75) is 83.0 Å². The van der Waals surface area contributed by atoms with E-state index in [9.17, 15) is 4.79 Å². The number of hydrogen-bond donors (Lipinski definition) is 1. The SMILES string of the molecule is CCC1NC2(CCCC2)C(=O)N1C1CCC(C)C1. The first kappa shape index (κ1) is 12.5. The van der Waals surface area contributed by atoms with Crippen LogP contribution in [0.4, 0.5) is 0 Å². The van der Waals surface area contributed by atoms with Crippen LogP contribution < -0.4 is 5.32 Å². The molecular weight excluding hydrogens is 224 g/mol. The molecule has 3 aliphatic rings. The summed E-state index contributed by atoms with van der Waals surface area (Å²) in [5.74, 6) is 1.21. The number of carbonyl (C=O) groups excluding carboxylic acids is 1. The van der Waals surface area contributed by atoms with E-state index in [0.717, 1.165) is 25.2 Å². The van der Waals surface area contributed by atoms with Crippen LogP contribution in [0.5, 0.6) is 0 Å². The smallest absolute Gasteiger partial charge is 0.244 e. The molecular formula is C15H26N2O. The lowest BCUT2D eigenvalue weighted by atomic mass is 9.97. The molecule has 1 heterocycles. The second-order valence-electron chi connectivity index (χ2n) is 6.64. The van der Waals surface area contributed by atoms with Crippen LogP contribution >= 0.6 is 0 Å². The lowest BCUT2D eigenvalue weighted by molar-refractivity contribution is -0.135. The highest BCUT2D eigenvalue weighted by molar-refractivity contribution is 5.89. The minimum Gasteiger partial charge on any atom is -0.323 e. The Morgan fingerprint density at radius 3 is 2.61 bits per heavy atom. The van der Waals surface area contributed by atoms with Gasteiger partial charge >= 0.3 is 0 Å². The average Bonchev–Trinajstić information content (AvgIpc) is 3.03. The van der Waals surface area contributed by atoms with E-state index in [1.165, 1.54) is 32.1 Å². The van der Waals surface area contributed by atoms with E-state index in [1.807, 2.05) is 0 Å². The summed E-state index contributed by atoms with van der Waals surface area (Å²) in [5.41, 5.74) is -0.174.